The van der Waals surface area contributed by atoms with Crippen molar-refractivity contribution in [3.05, 3.63) is 42.0 Å². The molecule has 1 aromatic rings. The minimum Gasteiger partial charge on any atom is -0.462 e. The molecule has 1 saturated heterocycles. The summed E-state index contributed by atoms with van der Waals surface area (Å²) in [5.74, 6) is -0.0393. The van der Waals surface area contributed by atoms with Crippen molar-refractivity contribution in [1.82, 2.24) is 0 Å². The van der Waals surface area contributed by atoms with Crippen molar-refractivity contribution in [2.75, 3.05) is 19.8 Å². The van der Waals surface area contributed by atoms with Crippen molar-refractivity contribution in [2.45, 2.75) is 115 Å². The number of benzene rings is 1. The molecular weight excluding hydrogens is 532 g/mol. The van der Waals surface area contributed by atoms with Crippen LogP contribution < -0.4 is 5.19 Å². The number of unbranched alkanes of at least 4 members (excludes halogenated alkanes) is 4. The average Bonchev–Trinajstić information content (AvgIpc) is 2.95. The fraction of sp³-hybridized carbons (Fsp3) is 0.676. The molecule has 0 amide bonds. The fourth-order valence-electron chi connectivity index (χ4n) is 6.21. The number of carbonyl (C=O) groups is 3. The Morgan fingerprint density at radius 3 is 2.27 bits per heavy atom. The summed E-state index contributed by atoms with van der Waals surface area (Å²) in [5, 5.41) is 1.53. The van der Waals surface area contributed by atoms with Gasteiger partial charge in [-0.05, 0) is 49.5 Å². The van der Waals surface area contributed by atoms with Gasteiger partial charge in [0.15, 0.2) is 0 Å². The minimum absolute atomic E-state index is 0.0253. The van der Waals surface area contributed by atoms with E-state index in [1.165, 1.54) is 68.2 Å². The molecular formula is C34H52O6Si. The fourth-order valence-corrected chi connectivity index (χ4v) is 8.70. The molecule has 2 fully saturated rings. The number of carbonyl (C=O) groups excluding carboxylic acids is 3. The number of esters is 3. The summed E-state index contributed by atoms with van der Waals surface area (Å²) in [6.07, 6.45) is 14.3. The van der Waals surface area contributed by atoms with E-state index in [1.54, 1.807) is 0 Å². The van der Waals surface area contributed by atoms with E-state index in [1.807, 2.05) is 0 Å². The summed E-state index contributed by atoms with van der Waals surface area (Å²) in [5.41, 5.74) is 1.78. The van der Waals surface area contributed by atoms with Gasteiger partial charge in [-0.2, -0.15) is 0 Å². The molecule has 0 atom stereocenters. The lowest BCUT2D eigenvalue weighted by atomic mass is 9.77. The molecule has 1 aliphatic heterocycles. The van der Waals surface area contributed by atoms with Gasteiger partial charge < -0.3 is 14.2 Å². The van der Waals surface area contributed by atoms with Crippen molar-refractivity contribution in [2.24, 2.45) is 11.8 Å². The lowest BCUT2D eigenvalue weighted by Gasteiger charge is -2.29. The molecule has 0 aromatic heterocycles. The summed E-state index contributed by atoms with van der Waals surface area (Å²) in [6.45, 7) is 11.6. The highest BCUT2D eigenvalue weighted by Crippen LogP contribution is 2.37. The maximum Gasteiger partial charge on any atom is 0.335 e. The molecule has 2 aliphatic rings. The first kappa shape index (κ1) is 33.3. The van der Waals surface area contributed by atoms with Gasteiger partial charge in [-0.15, -0.1) is 0 Å². The van der Waals surface area contributed by atoms with Crippen LogP contribution in [-0.4, -0.2) is 45.8 Å². The smallest absolute Gasteiger partial charge is 0.335 e. The molecule has 1 saturated carbocycles. The van der Waals surface area contributed by atoms with Gasteiger partial charge in [0.1, 0.15) is 0 Å². The summed E-state index contributed by atoms with van der Waals surface area (Å²) in [7, 11) is -1.51. The molecule has 3 rings (SSSR count). The lowest BCUT2D eigenvalue weighted by molar-refractivity contribution is -0.166. The van der Waals surface area contributed by atoms with E-state index in [9.17, 15) is 14.4 Å². The Morgan fingerprint density at radius 1 is 0.927 bits per heavy atom. The van der Waals surface area contributed by atoms with Crippen LogP contribution in [0, 0.1) is 11.8 Å². The van der Waals surface area contributed by atoms with Crippen molar-refractivity contribution in [3.63, 3.8) is 0 Å². The number of hydrogen-bond acceptors (Lipinski definition) is 6. The zero-order valence-corrected chi connectivity index (χ0v) is 26.7. The van der Waals surface area contributed by atoms with Gasteiger partial charge >= 0.3 is 17.9 Å². The van der Waals surface area contributed by atoms with Gasteiger partial charge in [-0.25, -0.2) is 4.79 Å². The second-order valence-corrected chi connectivity index (χ2v) is 17.8. The quantitative estimate of drug-likeness (QED) is 0.0632. The highest BCUT2D eigenvalue weighted by Gasteiger charge is 2.28. The van der Waals surface area contributed by atoms with Crippen LogP contribution in [0.4, 0.5) is 0 Å². The van der Waals surface area contributed by atoms with Crippen LogP contribution >= 0.6 is 0 Å². The zero-order chi connectivity index (χ0) is 29.7. The van der Waals surface area contributed by atoms with Crippen LogP contribution in [0.5, 0.6) is 0 Å². The van der Waals surface area contributed by atoms with Crippen molar-refractivity contribution in [3.8, 4) is 0 Å². The van der Waals surface area contributed by atoms with Gasteiger partial charge in [0.2, 0.25) is 0 Å². The maximum absolute atomic E-state index is 12.2. The second kappa shape index (κ2) is 17.0. The van der Waals surface area contributed by atoms with Crippen LogP contribution in [0.15, 0.2) is 36.4 Å². The predicted molar refractivity (Wildman–Crippen MR) is 166 cm³/mol. The first-order valence-electron chi connectivity index (χ1n) is 15.9. The topological polar surface area (TPSA) is 78.9 Å². The number of hydrogen-bond donors (Lipinski definition) is 0. The highest BCUT2D eigenvalue weighted by molar-refractivity contribution is 6.89. The molecule has 41 heavy (non-hydrogen) atoms. The van der Waals surface area contributed by atoms with Crippen LogP contribution in [0.1, 0.15) is 102 Å². The largest absolute Gasteiger partial charge is 0.462 e. The number of cyclic esters (lactones) is 2. The molecule has 7 heteroatoms. The lowest BCUT2D eigenvalue weighted by Crippen LogP contribution is -2.41. The normalized spacial score (nSPS) is 20.1. The van der Waals surface area contributed by atoms with Crippen molar-refractivity contribution < 1.29 is 28.6 Å². The third-order valence-corrected chi connectivity index (χ3v) is 12.5. The van der Waals surface area contributed by atoms with Gasteiger partial charge in [-0.1, -0.05) is 101 Å². The first-order valence-corrected chi connectivity index (χ1v) is 19.1. The Kier molecular flexibility index (Phi) is 13.8. The molecule has 1 aliphatic carbocycles. The predicted octanol–water partition coefficient (Wildman–Crippen LogP) is 7.22. The van der Waals surface area contributed by atoms with E-state index in [0.29, 0.717) is 6.61 Å². The molecule has 0 N–H and O–H groups in total. The van der Waals surface area contributed by atoms with Crippen LogP contribution in [0.3, 0.4) is 0 Å². The van der Waals surface area contributed by atoms with Crippen LogP contribution in [0.25, 0.3) is 0 Å². The summed E-state index contributed by atoms with van der Waals surface area (Å²) < 4.78 is 15.4. The number of ether oxygens (including phenoxy) is 3. The molecule has 0 bridgehead atoms. The van der Waals surface area contributed by atoms with Crippen molar-refractivity contribution >= 4 is 31.2 Å². The zero-order valence-electron chi connectivity index (χ0n) is 25.7. The van der Waals surface area contributed by atoms with Gasteiger partial charge in [0, 0.05) is 5.92 Å². The Morgan fingerprint density at radius 2 is 1.61 bits per heavy atom. The summed E-state index contributed by atoms with van der Waals surface area (Å²) in [4.78, 5) is 34.8. The Bertz CT molecular complexity index is 977. The Hall–Kier alpha value is -2.25. The van der Waals surface area contributed by atoms with E-state index in [2.05, 4.69) is 55.6 Å². The Labute approximate surface area is 248 Å². The van der Waals surface area contributed by atoms with E-state index in [0.717, 1.165) is 31.1 Å². The maximum atomic E-state index is 12.2. The third-order valence-electron chi connectivity index (χ3n) is 8.96. The summed E-state index contributed by atoms with van der Waals surface area (Å²) >= 11 is 0. The molecule has 6 nitrogen and oxygen atoms in total. The SMILES string of the molecule is C=C(COCC1CC(=O)OC(=O)C1)C(=O)OCCCCC[Si](C)(C)c1ccc(C2CCC(CCCCC)CC2)cc1. The van der Waals surface area contributed by atoms with Crippen LogP contribution in [-0.2, 0) is 28.6 Å². The number of rotatable bonds is 17. The van der Waals surface area contributed by atoms with E-state index in [-0.39, 0.29) is 37.5 Å². The van der Waals surface area contributed by atoms with E-state index >= 15 is 0 Å². The van der Waals surface area contributed by atoms with E-state index in [4.69, 9.17) is 9.47 Å². The molecule has 1 aromatic carbocycles. The monoisotopic (exact) mass is 584 g/mol. The van der Waals surface area contributed by atoms with Crippen LogP contribution in [0.2, 0.25) is 19.1 Å². The molecule has 0 spiro atoms. The second-order valence-electron chi connectivity index (χ2n) is 12.9. The minimum atomic E-state index is -1.51. The van der Waals surface area contributed by atoms with Gasteiger partial charge in [0.05, 0.1) is 46.3 Å². The highest BCUT2D eigenvalue weighted by atomic mass is 28.3. The molecule has 1 heterocycles. The van der Waals surface area contributed by atoms with E-state index < -0.39 is 26.0 Å². The summed E-state index contributed by atoms with van der Waals surface area (Å²) in [6, 6.07) is 10.8. The average molecular weight is 585 g/mol. The Balaban J connectivity index is 1.27. The molecule has 0 radical (unpaired) electrons. The van der Waals surface area contributed by atoms with Gasteiger partial charge in [0.25, 0.3) is 0 Å². The van der Waals surface area contributed by atoms with Gasteiger partial charge in [-0.3, -0.25) is 9.59 Å². The molecule has 228 valence electrons. The molecule has 0 unspecified atom stereocenters. The van der Waals surface area contributed by atoms with Crippen molar-refractivity contribution in [1.29, 1.82) is 0 Å². The third kappa shape index (κ3) is 11.5. The standard InChI is InChI=1S/C34H52O6Si/c1-5-6-8-11-27-12-14-29(15-13-27)30-16-18-31(19-17-30)41(3,4)21-10-7-9-20-39-34(37)26(2)24-38-25-28-22-32(35)40-33(36)23-28/h16-19,27-29H,2,5-15,20-25H2,1,3-4H3. The first-order chi connectivity index (χ1) is 19.7.